The van der Waals surface area contributed by atoms with Crippen LogP contribution >= 0.6 is 11.3 Å². The van der Waals surface area contributed by atoms with Crippen LogP contribution in [0.1, 0.15) is 5.56 Å². The summed E-state index contributed by atoms with van der Waals surface area (Å²) in [4.78, 5) is 4.44. The molecule has 0 saturated carbocycles. The molecule has 0 amide bonds. The van der Waals surface area contributed by atoms with Gasteiger partial charge in [0, 0.05) is 0 Å². The molecule has 0 unspecified atom stereocenters. The smallest absolute Gasteiger partial charge is 0.128 e. The molecule has 0 fully saturated rings. The minimum atomic E-state index is -0.377. The topological polar surface area (TPSA) is 33.1 Å². The number of rotatable bonds is 1. The highest BCUT2D eigenvalue weighted by molar-refractivity contribution is 7.21. The van der Waals surface area contributed by atoms with Crippen LogP contribution in [0.5, 0.6) is 5.75 Å². The Morgan fingerprint density at radius 3 is 2.83 bits per heavy atom. The summed E-state index contributed by atoms with van der Waals surface area (Å²) in [5.74, 6) is -0.328. The molecule has 0 radical (unpaired) electrons. The molecular formula is C14H10FNOS. The summed E-state index contributed by atoms with van der Waals surface area (Å²) in [6.07, 6.45) is 0. The van der Waals surface area contributed by atoms with E-state index in [4.69, 9.17) is 0 Å². The summed E-state index contributed by atoms with van der Waals surface area (Å²) >= 11 is 1.44. The molecule has 1 N–H and O–H groups in total. The van der Waals surface area contributed by atoms with Crippen molar-refractivity contribution >= 4 is 21.6 Å². The first-order valence-electron chi connectivity index (χ1n) is 5.49. The molecule has 0 aliphatic carbocycles. The molecule has 0 aliphatic rings. The van der Waals surface area contributed by atoms with Crippen molar-refractivity contribution < 1.29 is 9.50 Å². The van der Waals surface area contributed by atoms with Crippen LogP contribution in [0.2, 0.25) is 0 Å². The van der Waals surface area contributed by atoms with E-state index in [1.54, 1.807) is 0 Å². The Balaban J connectivity index is 2.22. The second-order valence-corrected chi connectivity index (χ2v) is 5.18. The highest BCUT2D eigenvalue weighted by atomic mass is 32.1. The fourth-order valence-corrected chi connectivity index (χ4v) is 2.80. The number of fused-ring (bicyclic) bond motifs is 1. The zero-order valence-corrected chi connectivity index (χ0v) is 10.5. The van der Waals surface area contributed by atoms with Gasteiger partial charge in [0.1, 0.15) is 16.6 Å². The van der Waals surface area contributed by atoms with E-state index in [0.29, 0.717) is 10.6 Å². The molecule has 3 aromatic rings. The van der Waals surface area contributed by atoms with Gasteiger partial charge in [0.25, 0.3) is 0 Å². The zero-order chi connectivity index (χ0) is 12.7. The maximum Gasteiger partial charge on any atom is 0.128 e. The molecule has 1 heterocycles. The van der Waals surface area contributed by atoms with E-state index in [9.17, 15) is 9.50 Å². The van der Waals surface area contributed by atoms with Crippen LogP contribution in [0.3, 0.4) is 0 Å². The van der Waals surface area contributed by atoms with E-state index in [0.717, 1.165) is 15.8 Å². The van der Waals surface area contributed by atoms with Gasteiger partial charge in [-0.2, -0.15) is 0 Å². The fourth-order valence-electron chi connectivity index (χ4n) is 1.83. The predicted molar refractivity (Wildman–Crippen MR) is 71.4 cm³/mol. The first-order valence-corrected chi connectivity index (χ1v) is 6.31. The number of benzene rings is 2. The van der Waals surface area contributed by atoms with Crippen LogP contribution in [0, 0.1) is 12.7 Å². The molecular weight excluding hydrogens is 249 g/mol. The summed E-state index contributed by atoms with van der Waals surface area (Å²) in [6, 6.07) is 9.86. The molecule has 0 saturated heterocycles. The van der Waals surface area contributed by atoms with Crippen molar-refractivity contribution in [1.82, 2.24) is 4.98 Å². The lowest BCUT2D eigenvalue weighted by Crippen LogP contribution is -1.80. The number of halogens is 1. The lowest BCUT2D eigenvalue weighted by Gasteiger charge is -1.99. The minimum Gasteiger partial charge on any atom is -0.507 e. The molecule has 0 aliphatic heterocycles. The minimum absolute atomic E-state index is 0.0483. The van der Waals surface area contributed by atoms with Gasteiger partial charge in [-0.15, -0.1) is 11.3 Å². The quantitative estimate of drug-likeness (QED) is 0.713. The van der Waals surface area contributed by atoms with Crippen LogP contribution < -0.4 is 0 Å². The number of nitrogens with zero attached hydrogens (tertiary/aromatic N) is 1. The van der Waals surface area contributed by atoms with E-state index in [2.05, 4.69) is 4.98 Å². The van der Waals surface area contributed by atoms with Crippen molar-refractivity contribution in [3.8, 4) is 16.3 Å². The number of hydrogen-bond donors (Lipinski definition) is 1. The average molecular weight is 259 g/mol. The average Bonchev–Trinajstić information content (AvgIpc) is 2.74. The first kappa shape index (κ1) is 11.2. The second kappa shape index (κ2) is 4.07. The molecule has 0 spiro atoms. The highest BCUT2D eigenvalue weighted by Gasteiger charge is 2.11. The van der Waals surface area contributed by atoms with Gasteiger partial charge in [-0.1, -0.05) is 6.07 Å². The molecule has 2 nitrogen and oxygen atoms in total. The molecule has 0 bridgehead atoms. The van der Waals surface area contributed by atoms with Crippen molar-refractivity contribution in [2.75, 3.05) is 0 Å². The highest BCUT2D eigenvalue weighted by Crippen LogP contribution is 2.35. The largest absolute Gasteiger partial charge is 0.507 e. The third-order valence-corrected chi connectivity index (χ3v) is 3.80. The molecule has 0 atom stereocenters. The van der Waals surface area contributed by atoms with Crippen LogP contribution in [0.4, 0.5) is 4.39 Å². The Morgan fingerprint density at radius 2 is 2.00 bits per heavy atom. The van der Waals surface area contributed by atoms with E-state index in [-0.39, 0.29) is 11.6 Å². The summed E-state index contributed by atoms with van der Waals surface area (Å²) in [6.45, 7) is 2.00. The van der Waals surface area contributed by atoms with Gasteiger partial charge in [0.05, 0.1) is 15.8 Å². The van der Waals surface area contributed by atoms with Gasteiger partial charge >= 0.3 is 0 Å². The number of hydrogen-bond acceptors (Lipinski definition) is 3. The third-order valence-electron chi connectivity index (χ3n) is 2.73. The van der Waals surface area contributed by atoms with Crippen LogP contribution in [0.25, 0.3) is 20.8 Å². The Morgan fingerprint density at radius 1 is 1.17 bits per heavy atom. The Labute approximate surface area is 107 Å². The fraction of sp³-hybridized carbons (Fsp3) is 0.0714. The number of phenolic OH excluding ortho intramolecular Hbond substituents is 1. The summed E-state index contributed by atoms with van der Waals surface area (Å²) < 4.78 is 14.2. The first-order chi connectivity index (χ1) is 8.63. The number of aryl methyl sites for hydroxylation is 1. The van der Waals surface area contributed by atoms with Crippen molar-refractivity contribution in [1.29, 1.82) is 0 Å². The van der Waals surface area contributed by atoms with Gasteiger partial charge < -0.3 is 5.11 Å². The number of aromatic nitrogens is 1. The van der Waals surface area contributed by atoms with E-state index in [1.807, 2.05) is 25.1 Å². The number of thiazole rings is 1. The molecule has 18 heavy (non-hydrogen) atoms. The van der Waals surface area contributed by atoms with Crippen molar-refractivity contribution in [3.05, 3.63) is 47.8 Å². The van der Waals surface area contributed by atoms with Gasteiger partial charge in [-0.3, -0.25) is 0 Å². The van der Waals surface area contributed by atoms with Crippen molar-refractivity contribution in [2.45, 2.75) is 6.92 Å². The number of aromatic hydroxyl groups is 1. The summed E-state index contributed by atoms with van der Waals surface area (Å²) in [5.41, 5.74) is 2.44. The van der Waals surface area contributed by atoms with Gasteiger partial charge in [-0.05, 0) is 42.8 Å². The lowest BCUT2D eigenvalue weighted by molar-refractivity contribution is 0.475. The summed E-state index contributed by atoms with van der Waals surface area (Å²) in [5, 5.41) is 10.4. The molecule has 2 aromatic carbocycles. The van der Waals surface area contributed by atoms with Crippen LogP contribution in [-0.2, 0) is 0 Å². The Kier molecular flexibility index (Phi) is 2.52. The predicted octanol–water partition coefficient (Wildman–Crippen LogP) is 4.12. The monoisotopic (exact) mass is 259 g/mol. The molecule has 3 rings (SSSR count). The van der Waals surface area contributed by atoms with Crippen LogP contribution in [0.15, 0.2) is 36.4 Å². The molecule has 90 valence electrons. The Bertz CT molecular complexity index is 736. The maximum atomic E-state index is 13.2. The summed E-state index contributed by atoms with van der Waals surface area (Å²) in [7, 11) is 0. The van der Waals surface area contributed by atoms with Gasteiger partial charge in [0.2, 0.25) is 0 Å². The van der Waals surface area contributed by atoms with Crippen molar-refractivity contribution in [2.24, 2.45) is 0 Å². The standard InChI is InChI=1S/C14H10FNOS/c1-8-2-5-13-11(6-8)16-14(18-13)10-7-9(15)3-4-12(10)17/h2-7,17H,1H3. The lowest BCUT2D eigenvalue weighted by atomic mass is 10.2. The van der Waals surface area contributed by atoms with E-state index >= 15 is 0 Å². The van der Waals surface area contributed by atoms with E-state index < -0.39 is 0 Å². The second-order valence-electron chi connectivity index (χ2n) is 4.15. The normalized spacial score (nSPS) is 11.0. The Hall–Kier alpha value is -1.94. The SMILES string of the molecule is Cc1ccc2sc(-c3cc(F)ccc3O)nc2c1. The molecule has 4 heteroatoms. The van der Waals surface area contributed by atoms with Gasteiger partial charge in [0.15, 0.2) is 0 Å². The third kappa shape index (κ3) is 1.84. The number of phenols is 1. The zero-order valence-electron chi connectivity index (χ0n) is 9.64. The van der Waals surface area contributed by atoms with Gasteiger partial charge in [-0.25, -0.2) is 9.37 Å². The molecule has 1 aromatic heterocycles. The van der Waals surface area contributed by atoms with Crippen molar-refractivity contribution in [3.63, 3.8) is 0 Å². The van der Waals surface area contributed by atoms with E-state index in [1.165, 1.54) is 29.5 Å². The van der Waals surface area contributed by atoms with Crippen LogP contribution in [-0.4, -0.2) is 10.1 Å². The maximum absolute atomic E-state index is 13.2.